The minimum atomic E-state index is -3.50. The van der Waals surface area contributed by atoms with E-state index in [9.17, 15) is 13.2 Å². The van der Waals surface area contributed by atoms with Gasteiger partial charge in [0.15, 0.2) is 0 Å². The third-order valence-corrected chi connectivity index (χ3v) is 6.23. The molecule has 3 aromatic carbocycles. The molecule has 30 heavy (non-hydrogen) atoms. The monoisotopic (exact) mass is 422 g/mol. The summed E-state index contributed by atoms with van der Waals surface area (Å²) in [5.74, 6) is -0.233. The van der Waals surface area contributed by atoms with Crippen molar-refractivity contribution in [2.75, 3.05) is 15.9 Å². The van der Waals surface area contributed by atoms with Gasteiger partial charge in [0.1, 0.15) is 0 Å². The van der Waals surface area contributed by atoms with Crippen molar-refractivity contribution in [3.63, 3.8) is 0 Å². The van der Waals surface area contributed by atoms with Crippen molar-refractivity contribution in [3.05, 3.63) is 94.5 Å². The Balaban J connectivity index is 1.87. The number of benzene rings is 3. The van der Waals surface area contributed by atoms with E-state index in [1.54, 1.807) is 24.3 Å². The highest BCUT2D eigenvalue weighted by atomic mass is 32.2. The highest BCUT2D eigenvalue weighted by molar-refractivity contribution is 7.92. The number of aryl methyl sites for hydroxylation is 3. The van der Waals surface area contributed by atoms with Gasteiger partial charge in [-0.3, -0.25) is 9.10 Å². The molecule has 0 fully saturated rings. The fourth-order valence-electron chi connectivity index (χ4n) is 3.17. The third-order valence-electron chi connectivity index (χ3n) is 5.09. The van der Waals surface area contributed by atoms with E-state index in [0.717, 1.165) is 27.9 Å². The molecule has 5 nitrogen and oxygen atoms in total. The second-order valence-corrected chi connectivity index (χ2v) is 9.41. The summed E-state index contributed by atoms with van der Waals surface area (Å²) in [5.41, 5.74) is 5.66. The molecule has 0 aromatic heterocycles. The zero-order chi connectivity index (χ0) is 21.9. The topological polar surface area (TPSA) is 66.5 Å². The van der Waals surface area contributed by atoms with Crippen LogP contribution in [0.5, 0.6) is 0 Å². The Labute approximate surface area is 178 Å². The van der Waals surface area contributed by atoms with Gasteiger partial charge in [-0.25, -0.2) is 8.42 Å². The first kappa shape index (κ1) is 21.6. The quantitative estimate of drug-likeness (QED) is 0.619. The lowest BCUT2D eigenvalue weighted by Crippen LogP contribution is -2.29. The molecule has 0 aliphatic rings. The highest BCUT2D eigenvalue weighted by Gasteiger charge is 2.19. The summed E-state index contributed by atoms with van der Waals surface area (Å²) in [6.45, 7) is 6.02. The number of nitrogens with zero attached hydrogens (tertiary/aromatic N) is 1. The van der Waals surface area contributed by atoms with E-state index in [4.69, 9.17) is 0 Å². The number of hydrogen-bond donors (Lipinski definition) is 1. The van der Waals surface area contributed by atoms with Crippen LogP contribution in [0.25, 0.3) is 0 Å². The van der Waals surface area contributed by atoms with Gasteiger partial charge in [0.2, 0.25) is 10.0 Å². The molecule has 0 aliphatic carbocycles. The van der Waals surface area contributed by atoms with Gasteiger partial charge in [0.25, 0.3) is 5.91 Å². The molecule has 0 radical (unpaired) electrons. The van der Waals surface area contributed by atoms with Crippen LogP contribution in [0.15, 0.2) is 66.7 Å². The summed E-state index contributed by atoms with van der Waals surface area (Å²) in [5, 5.41) is 2.91. The number of sulfonamides is 1. The van der Waals surface area contributed by atoms with E-state index >= 15 is 0 Å². The van der Waals surface area contributed by atoms with E-state index < -0.39 is 10.0 Å². The molecule has 3 rings (SSSR count). The largest absolute Gasteiger partial charge is 0.322 e. The van der Waals surface area contributed by atoms with Gasteiger partial charge >= 0.3 is 0 Å². The maximum Gasteiger partial charge on any atom is 0.255 e. The van der Waals surface area contributed by atoms with Crippen LogP contribution in [0.2, 0.25) is 0 Å². The lowest BCUT2D eigenvalue weighted by molar-refractivity contribution is 0.102. The van der Waals surface area contributed by atoms with Gasteiger partial charge in [-0.05, 0) is 73.4 Å². The molecule has 1 amide bonds. The van der Waals surface area contributed by atoms with Gasteiger partial charge in [-0.15, -0.1) is 0 Å². The number of carbonyl (C=O) groups is 1. The van der Waals surface area contributed by atoms with Gasteiger partial charge in [-0.1, -0.05) is 36.4 Å². The molecule has 0 unspecified atom stereocenters. The smallest absolute Gasteiger partial charge is 0.255 e. The summed E-state index contributed by atoms with van der Waals surface area (Å²) in [7, 11) is -3.50. The molecule has 0 aliphatic heterocycles. The molecule has 0 bridgehead atoms. The molecule has 0 spiro atoms. The minimum absolute atomic E-state index is 0.146. The average molecular weight is 423 g/mol. The first-order valence-electron chi connectivity index (χ1n) is 9.66. The van der Waals surface area contributed by atoms with Crippen LogP contribution >= 0.6 is 0 Å². The molecule has 156 valence electrons. The normalized spacial score (nSPS) is 11.2. The molecule has 0 heterocycles. The zero-order valence-electron chi connectivity index (χ0n) is 17.6. The van der Waals surface area contributed by atoms with E-state index in [2.05, 4.69) is 5.32 Å². The second-order valence-electron chi connectivity index (χ2n) is 7.51. The Bertz CT molecular complexity index is 1190. The van der Waals surface area contributed by atoms with Gasteiger partial charge in [0, 0.05) is 11.3 Å². The molecule has 6 heteroatoms. The molecular weight excluding hydrogens is 396 g/mol. The summed E-state index contributed by atoms with van der Waals surface area (Å²) in [4.78, 5) is 12.7. The lowest BCUT2D eigenvalue weighted by atomic mass is 10.1. The van der Waals surface area contributed by atoms with Crippen molar-refractivity contribution in [1.82, 2.24) is 0 Å². The van der Waals surface area contributed by atoms with Crippen LogP contribution in [-0.2, 0) is 16.6 Å². The number of carbonyl (C=O) groups excluding carboxylic acids is 1. The zero-order valence-corrected chi connectivity index (χ0v) is 18.5. The van der Waals surface area contributed by atoms with Crippen LogP contribution in [0.3, 0.4) is 0 Å². The first-order valence-corrected chi connectivity index (χ1v) is 11.5. The van der Waals surface area contributed by atoms with Crippen LogP contribution in [-0.4, -0.2) is 20.6 Å². The standard InChI is InChI=1S/C24H26N2O3S/c1-17-12-13-22(14-19(17)3)26(30(4,28)29)16-20-9-7-10-21(15-20)24(27)25-23-11-6-5-8-18(23)2/h5-15H,16H2,1-4H3,(H,25,27). The Morgan fingerprint density at radius 1 is 0.867 bits per heavy atom. The SMILES string of the molecule is Cc1ccc(N(Cc2cccc(C(=O)Nc3ccccc3C)c2)S(C)(=O)=O)cc1C. The number of para-hydroxylation sites is 1. The van der Waals surface area contributed by atoms with Gasteiger partial charge in [0.05, 0.1) is 18.5 Å². The number of rotatable bonds is 6. The van der Waals surface area contributed by atoms with Crippen molar-refractivity contribution in [2.24, 2.45) is 0 Å². The van der Waals surface area contributed by atoms with E-state index in [0.29, 0.717) is 11.3 Å². The van der Waals surface area contributed by atoms with E-state index in [1.807, 2.05) is 63.2 Å². The highest BCUT2D eigenvalue weighted by Crippen LogP contribution is 2.24. The Hall–Kier alpha value is -3.12. The predicted molar refractivity (Wildman–Crippen MR) is 123 cm³/mol. The fourth-order valence-corrected chi connectivity index (χ4v) is 4.05. The average Bonchev–Trinajstić information content (AvgIpc) is 2.69. The molecule has 1 N–H and O–H groups in total. The van der Waals surface area contributed by atoms with Crippen molar-refractivity contribution in [2.45, 2.75) is 27.3 Å². The van der Waals surface area contributed by atoms with Crippen LogP contribution in [0.1, 0.15) is 32.6 Å². The summed E-state index contributed by atoms with van der Waals surface area (Å²) in [6.07, 6.45) is 1.19. The Kier molecular flexibility index (Phi) is 6.27. The third kappa shape index (κ3) is 5.07. The number of nitrogens with one attached hydrogen (secondary N) is 1. The predicted octanol–water partition coefficient (Wildman–Crippen LogP) is 4.83. The molecule has 0 saturated heterocycles. The number of anilines is 2. The maximum absolute atomic E-state index is 12.7. The van der Waals surface area contributed by atoms with Gasteiger partial charge < -0.3 is 5.32 Å². The second kappa shape index (κ2) is 8.71. The molecular formula is C24H26N2O3S. The van der Waals surface area contributed by atoms with Crippen molar-refractivity contribution < 1.29 is 13.2 Å². The van der Waals surface area contributed by atoms with Crippen LogP contribution in [0, 0.1) is 20.8 Å². The van der Waals surface area contributed by atoms with Crippen LogP contribution in [0.4, 0.5) is 11.4 Å². The summed E-state index contributed by atoms with van der Waals surface area (Å²) < 4.78 is 26.3. The van der Waals surface area contributed by atoms with E-state index in [1.165, 1.54) is 10.6 Å². The fraction of sp³-hybridized carbons (Fsp3) is 0.208. The Morgan fingerprint density at radius 3 is 2.27 bits per heavy atom. The molecule has 0 saturated carbocycles. The summed E-state index contributed by atoms with van der Waals surface area (Å²) >= 11 is 0. The minimum Gasteiger partial charge on any atom is -0.322 e. The first-order chi connectivity index (χ1) is 14.1. The number of hydrogen-bond acceptors (Lipinski definition) is 3. The van der Waals surface area contributed by atoms with Crippen molar-refractivity contribution in [1.29, 1.82) is 0 Å². The van der Waals surface area contributed by atoms with Crippen molar-refractivity contribution in [3.8, 4) is 0 Å². The lowest BCUT2D eigenvalue weighted by Gasteiger charge is -2.23. The van der Waals surface area contributed by atoms with Gasteiger partial charge in [-0.2, -0.15) is 0 Å². The van der Waals surface area contributed by atoms with Crippen molar-refractivity contribution >= 4 is 27.3 Å². The summed E-state index contributed by atoms with van der Waals surface area (Å²) in [6, 6.07) is 20.2. The van der Waals surface area contributed by atoms with E-state index in [-0.39, 0.29) is 12.5 Å². The number of amides is 1. The molecule has 0 atom stereocenters. The Morgan fingerprint density at radius 2 is 1.60 bits per heavy atom. The maximum atomic E-state index is 12.7. The molecule has 3 aromatic rings. The van der Waals surface area contributed by atoms with Crippen LogP contribution < -0.4 is 9.62 Å².